The molecule has 0 bridgehead atoms. The SMILES string of the molecule is COc1cc(/C=C2\C(=O)NC(=O)N(c3ccc(OCc4ccccc4)cc3)C2=O)cc(Cl)c1OC(C)C. The van der Waals surface area contributed by atoms with Crippen molar-refractivity contribution >= 4 is 41.2 Å². The number of urea groups is 1. The number of nitrogens with zero attached hydrogens (tertiary/aromatic N) is 1. The lowest BCUT2D eigenvalue weighted by Crippen LogP contribution is -2.54. The average Bonchev–Trinajstić information content (AvgIpc) is 2.87. The summed E-state index contributed by atoms with van der Waals surface area (Å²) >= 11 is 6.38. The van der Waals surface area contributed by atoms with E-state index in [0.717, 1.165) is 10.5 Å². The van der Waals surface area contributed by atoms with Gasteiger partial charge in [-0.25, -0.2) is 9.69 Å². The highest BCUT2D eigenvalue weighted by atomic mass is 35.5. The van der Waals surface area contributed by atoms with Crippen LogP contribution in [0, 0.1) is 0 Å². The molecule has 0 aliphatic carbocycles. The predicted octanol–water partition coefficient (Wildman–Crippen LogP) is 5.38. The second kappa shape index (κ2) is 11.2. The first kappa shape index (κ1) is 25.8. The van der Waals surface area contributed by atoms with Crippen LogP contribution in [0.5, 0.6) is 17.2 Å². The van der Waals surface area contributed by atoms with E-state index in [4.69, 9.17) is 25.8 Å². The number of hydrogen-bond donors (Lipinski definition) is 1. The fourth-order valence-electron chi connectivity index (χ4n) is 3.66. The van der Waals surface area contributed by atoms with Crippen LogP contribution in [0.1, 0.15) is 25.0 Å². The number of carbonyl (C=O) groups excluding carboxylic acids is 3. The summed E-state index contributed by atoms with van der Waals surface area (Å²) in [6.07, 6.45) is 1.21. The van der Waals surface area contributed by atoms with Gasteiger partial charge in [-0.3, -0.25) is 14.9 Å². The molecule has 1 N–H and O–H groups in total. The lowest BCUT2D eigenvalue weighted by atomic mass is 10.1. The Morgan fingerprint density at radius 3 is 2.35 bits per heavy atom. The summed E-state index contributed by atoms with van der Waals surface area (Å²) in [6.45, 7) is 4.08. The fraction of sp³-hybridized carbons (Fsp3) is 0.179. The molecule has 0 radical (unpaired) electrons. The van der Waals surface area contributed by atoms with Gasteiger partial charge >= 0.3 is 6.03 Å². The Labute approximate surface area is 219 Å². The van der Waals surface area contributed by atoms with Crippen LogP contribution in [-0.2, 0) is 16.2 Å². The van der Waals surface area contributed by atoms with Crippen molar-refractivity contribution in [3.05, 3.63) is 88.5 Å². The van der Waals surface area contributed by atoms with E-state index < -0.39 is 17.8 Å². The van der Waals surface area contributed by atoms with Crippen molar-refractivity contribution in [2.75, 3.05) is 12.0 Å². The number of rotatable bonds is 8. The standard InChI is InChI=1S/C28H25ClN2O6/c1-17(2)37-25-23(29)14-19(15-24(25)35-3)13-22-26(32)30-28(34)31(27(22)33)20-9-11-21(12-10-20)36-16-18-7-5-4-6-8-18/h4-15,17H,16H2,1-3H3,(H,30,32,34)/b22-13+. The van der Waals surface area contributed by atoms with Crippen LogP contribution < -0.4 is 24.4 Å². The molecule has 8 nitrogen and oxygen atoms in total. The van der Waals surface area contributed by atoms with E-state index >= 15 is 0 Å². The van der Waals surface area contributed by atoms with Crippen LogP contribution in [0.2, 0.25) is 5.02 Å². The van der Waals surface area contributed by atoms with Crippen LogP contribution in [0.4, 0.5) is 10.5 Å². The van der Waals surface area contributed by atoms with Crippen molar-refractivity contribution in [3.8, 4) is 17.2 Å². The molecule has 3 aromatic carbocycles. The Morgan fingerprint density at radius 1 is 1.00 bits per heavy atom. The van der Waals surface area contributed by atoms with Gasteiger partial charge in [-0.15, -0.1) is 0 Å². The summed E-state index contributed by atoms with van der Waals surface area (Å²) in [4.78, 5) is 39.3. The monoisotopic (exact) mass is 520 g/mol. The topological polar surface area (TPSA) is 94.2 Å². The van der Waals surface area contributed by atoms with Gasteiger partial charge < -0.3 is 14.2 Å². The number of barbiturate groups is 1. The molecule has 0 aromatic heterocycles. The summed E-state index contributed by atoms with van der Waals surface area (Å²) in [5, 5.41) is 2.46. The molecule has 0 spiro atoms. The van der Waals surface area contributed by atoms with Gasteiger partial charge in [0.15, 0.2) is 11.5 Å². The fourth-order valence-corrected chi connectivity index (χ4v) is 3.93. The minimum atomic E-state index is -0.846. The highest BCUT2D eigenvalue weighted by Gasteiger charge is 2.37. The second-order valence-electron chi connectivity index (χ2n) is 8.43. The van der Waals surface area contributed by atoms with Crippen molar-refractivity contribution in [2.45, 2.75) is 26.6 Å². The number of anilines is 1. The third-order valence-electron chi connectivity index (χ3n) is 5.36. The smallest absolute Gasteiger partial charge is 0.335 e. The number of ether oxygens (including phenoxy) is 3. The maximum absolute atomic E-state index is 13.3. The molecule has 0 saturated carbocycles. The molecule has 3 aromatic rings. The molecule has 37 heavy (non-hydrogen) atoms. The Morgan fingerprint density at radius 2 is 1.70 bits per heavy atom. The van der Waals surface area contributed by atoms with E-state index in [1.54, 1.807) is 36.4 Å². The molecule has 190 valence electrons. The van der Waals surface area contributed by atoms with E-state index in [-0.39, 0.29) is 22.4 Å². The quantitative estimate of drug-likeness (QED) is 0.316. The Balaban J connectivity index is 1.57. The van der Waals surface area contributed by atoms with Crippen LogP contribution in [0.25, 0.3) is 6.08 Å². The van der Waals surface area contributed by atoms with Gasteiger partial charge in [0, 0.05) is 0 Å². The molecule has 1 aliphatic rings. The zero-order valence-corrected chi connectivity index (χ0v) is 21.2. The van der Waals surface area contributed by atoms with Gasteiger partial charge in [-0.05, 0) is 67.4 Å². The maximum Gasteiger partial charge on any atom is 0.335 e. The number of halogens is 1. The molecule has 1 aliphatic heterocycles. The Kier molecular flexibility index (Phi) is 7.79. The third kappa shape index (κ3) is 5.92. The van der Waals surface area contributed by atoms with E-state index in [1.807, 2.05) is 44.2 Å². The van der Waals surface area contributed by atoms with Gasteiger partial charge in [-0.2, -0.15) is 0 Å². The van der Waals surface area contributed by atoms with Crippen LogP contribution in [0.15, 0.2) is 72.3 Å². The van der Waals surface area contributed by atoms with Crippen molar-refractivity contribution < 1.29 is 28.6 Å². The molecule has 1 fully saturated rings. The number of imide groups is 2. The molecule has 4 amide bonds. The predicted molar refractivity (Wildman–Crippen MR) is 140 cm³/mol. The van der Waals surface area contributed by atoms with Crippen LogP contribution >= 0.6 is 11.6 Å². The molecule has 1 saturated heterocycles. The summed E-state index contributed by atoms with van der Waals surface area (Å²) in [5.74, 6) is -0.325. The first-order valence-electron chi connectivity index (χ1n) is 11.5. The second-order valence-corrected chi connectivity index (χ2v) is 8.83. The molecule has 9 heteroatoms. The van der Waals surface area contributed by atoms with Gasteiger partial charge in [0.1, 0.15) is 17.9 Å². The van der Waals surface area contributed by atoms with Crippen molar-refractivity contribution in [2.24, 2.45) is 0 Å². The Bertz CT molecular complexity index is 1350. The van der Waals surface area contributed by atoms with Crippen LogP contribution in [0.3, 0.4) is 0 Å². The number of amides is 4. The lowest BCUT2D eigenvalue weighted by molar-refractivity contribution is -0.122. The zero-order valence-electron chi connectivity index (χ0n) is 20.5. The van der Waals surface area contributed by atoms with Crippen molar-refractivity contribution in [1.82, 2.24) is 5.32 Å². The zero-order chi connectivity index (χ0) is 26.5. The molecular weight excluding hydrogens is 496 g/mol. The highest BCUT2D eigenvalue weighted by molar-refractivity contribution is 6.39. The minimum Gasteiger partial charge on any atom is -0.493 e. The first-order chi connectivity index (χ1) is 17.8. The highest BCUT2D eigenvalue weighted by Crippen LogP contribution is 2.38. The summed E-state index contributed by atoms with van der Waals surface area (Å²) in [6, 6.07) is 18.4. The summed E-state index contributed by atoms with van der Waals surface area (Å²) < 4.78 is 16.9. The van der Waals surface area contributed by atoms with E-state index in [1.165, 1.54) is 13.2 Å². The largest absolute Gasteiger partial charge is 0.493 e. The maximum atomic E-state index is 13.3. The molecular formula is C28H25ClN2O6. The van der Waals surface area contributed by atoms with E-state index in [2.05, 4.69) is 5.32 Å². The van der Waals surface area contributed by atoms with Crippen LogP contribution in [-0.4, -0.2) is 31.1 Å². The molecule has 4 rings (SSSR count). The first-order valence-corrected chi connectivity index (χ1v) is 11.9. The van der Waals surface area contributed by atoms with Gasteiger partial charge in [0.2, 0.25) is 0 Å². The average molecular weight is 521 g/mol. The molecule has 0 unspecified atom stereocenters. The normalized spacial score (nSPS) is 14.7. The molecule has 1 heterocycles. The number of methoxy groups -OCH3 is 1. The number of benzene rings is 3. The van der Waals surface area contributed by atoms with Crippen molar-refractivity contribution in [3.63, 3.8) is 0 Å². The van der Waals surface area contributed by atoms with Gasteiger partial charge in [0.05, 0.1) is 23.9 Å². The van der Waals surface area contributed by atoms with E-state index in [9.17, 15) is 14.4 Å². The Hall–Kier alpha value is -4.30. The minimum absolute atomic E-state index is 0.143. The lowest BCUT2D eigenvalue weighted by Gasteiger charge is -2.26. The number of nitrogens with one attached hydrogen (secondary N) is 1. The summed E-state index contributed by atoms with van der Waals surface area (Å²) in [5.41, 5.74) is 1.48. The van der Waals surface area contributed by atoms with Crippen molar-refractivity contribution in [1.29, 1.82) is 0 Å². The third-order valence-corrected chi connectivity index (χ3v) is 5.64. The number of hydrogen-bond acceptors (Lipinski definition) is 6. The van der Waals surface area contributed by atoms with E-state index in [0.29, 0.717) is 29.4 Å². The van der Waals surface area contributed by atoms with Gasteiger partial charge in [-0.1, -0.05) is 41.9 Å². The van der Waals surface area contributed by atoms with Gasteiger partial charge in [0.25, 0.3) is 11.8 Å². The number of carbonyl (C=O) groups is 3. The molecule has 0 atom stereocenters. The summed E-state index contributed by atoms with van der Waals surface area (Å²) in [7, 11) is 1.46.